The maximum atomic E-state index is 12.8. The van der Waals surface area contributed by atoms with Gasteiger partial charge in [0.2, 0.25) is 5.91 Å². The summed E-state index contributed by atoms with van der Waals surface area (Å²) in [6.45, 7) is 1.55. The van der Waals surface area contributed by atoms with Crippen molar-refractivity contribution in [2.45, 2.75) is 44.2 Å². The average molecular weight is 424 g/mol. The van der Waals surface area contributed by atoms with E-state index in [2.05, 4.69) is 15.6 Å². The lowest BCUT2D eigenvalue weighted by Crippen LogP contribution is -2.48. The minimum absolute atomic E-state index is 0.310. The maximum Gasteiger partial charge on any atom is 0.325 e. The first-order valence-corrected chi connectivity index (χ1v) is 10.8. The Bertz CT molecular complexity index is 1130. The van der Waals surface area contributed by atoms with Gasteiger partial charge in [-0.15, -0.1) is 11.3 Å². The summed E-state index contributed by atoms with van der Waals surface area (Å²) in [6, 6.07) is 8.12. The number of hydrogen-bond acceptors (Lipinski definition) is 6. The number of rotatable bonds is 4. The zero-order valence-corrected chi connectivity index (χ0v) is 17.1. The van der Waals surface area contributed by atoms with Crippen molar-refractivity contribution >= 4 is 45.3 Å². The highest BCUT2D eigenvalue weighted by Gasteiger charge is 2.54. The molecule has 30 heavy (non-hydrogen) atoms. The lowest BCUT2D eigenvalue weighted by molar-refractivity contribution is -0.136. The number of urea groups is 1. The van der Waals surface area contributed by atoms with E-state index in [0.717, 1.165) is 28.7 Å². The lowest BCUT2D eigenvalue weighted by atomic mass is 9.97. The van der Waals surface area contributed by atoms with Crippen LogP contribution >= 0.6 is 11.3 Å². The van der Waals surface area contributed by atoms with Gasteiger partial charge in [-0.3, -0.25) is 9.59 Å². The molecule has 1 spiro atoms. The van der Waals surface area contributed by atoms with Crippen molar-refractivity contribution in [2.75, 3.05) is 5.32 Å². The number of nitrogens with zero attached hydrogens (tertiary/aromatic N) is 2. The van der Waals surface area contributed by atoms with Crippen molar-refractivity contribution in [3.05, 3.63) is 35.7 Å². The number of aromatic nitrogens is 1. The molecular formula is C21H20N4O4S. The summed E-state index contributed by atoms with van der Waals surface area (Å²) in [6.07, 6.45) is 3.03. The number of fused-ring (bicyclic) bond motifs is 1. The number of carbonyl (C=O) groups excluding carboxylic acids is 3. The van der Waals surface area contributed by atoms with Gasteiger partial charge in [0.15, 0.2) is 10.9 Å². The third kappa shape index (κ3) is 2.97. The van der Waals surface area contributed by atoms with E-state index >= 15 is 0 Å². The van der Waals surface area contributed by atoms with Crippen molar-refractivity contribution in [3.8, 4) is 11.5 Å². The monoisotopic (exact) mass is 424 g/mol. The number of para-hydroxylation sites is 1. The number of furan rings is 1. The van der Waals surface area contributed by atoms with Gasteiger partial charge in [-0.25, -0.2) is 14.7 Å². The standard InChI is InChI=1S/C21H20N4O4S/c1-12(25-18(27)21(24-20(25)28)8-4-5-9-21)17(26)23-19-22-14(11-30-19)16-10-13-6-2-3-7-15(13)29-16/h2-3,6-7,10-12H,4-5,8-9H2,1H3,(H,24,28)(H,22,23,26). The molecule has 3 heterocycles. The Morgan fingerprint density at radius 2 is 2.07 bits per heavy atom. The van der Waals surface area contributed by atoms with E-state index in [4.69, 9.17) is 4.42 Å². The highest BCUT2D eigenvalue weighted by Crippen LogP contribution is 2.36. The van der Waals surface area contributed by atoms with Gasteiger partial charge in [-0.1, -0.05) is 31.0 Å². The molecule has 3 aromatic rings. The van der Waals surface area contributed by atoms with E-state index in [1.165, 1.54) is 11.3 Å². The van der Waals surface area contributed by atoms with Gasteiger partial charge >= 0.3 is 6.03 Å². The van der Waals surface area contributed by atoms with Crippen LogP contribution in [0.25, 0.3) is 22.4 Å². The predicted octanol–water partition coefficient (Wildman–Crippen LogP) is 3.75. The largest absolute Gasteiger partial charge is 0.454 e. The molecule has 1 unspecified atom stereocenters. The SMILES string of the molecule is CC(C(=O)Nc1nc(-c2cc3ccccc3o2)cs1)N1C(=O)NC2(CCCC2)C1=O. The van der Waals surface area contributed by atoms with E-state index in [0.29, 0.717) is 29.4 Å². The molecular weight excluding hydrogens is 404 g/mol. The van der Waals surface area contributed by atoms with Crippen LogP contribution in [-0.4, -0.2) is 39.3 Å². The van der Waals surface area contributed by atoms with Gasteiger partial charge < -0.3 is 15.1 Å². The Morgan fingerprint density at radius 3 is 2.83 bits per heavy atom. The van der Waals surface area contributed by atoms with Crippen LogP contribution in [0.3, 0.4) is 0 Å². The zero-order chi connectivity index (χ0) is 20.9. The minimum atomic E-state index is -0.934. The summed E-state index contributed by atoms with van der Waals surface area (Å²) in [7, 11) is 0. The molecule has 154 valence electrons. The fraction of sp³-hybridized carbons (Fsp3) is 0.333. The summed E-state index contributed by atoms with van der Waals surface area (Å²) in [4.78, 5) is 43.5. The Morgan fingerprint density at radius 1 is 1.30 bits per heavy atom. The van der Waals surface area contributed by atoms with Crippen LogP contribution in [0.5, 0.6) is 0 Å². The highest BCUT2D eigenvalue weighted by atomic mass is 32.1. The molecule has 1 aromatic carbocycles. The molecule has 1 atom stereocenters. The number of thiazole rings is 1. The zero-order valence-electron chi connectivity index (χ0n) is 16.3. The fourth-order valence-corrected chi connectivity index (χ4v) is 4.89. The first kappa shape index (κ1) is 18.8. The van der Waals surface area contributed by atoms with E-state index in [1.807, 2.05) is 30.3 Å². The second-order valence-corrected chi connectivity index (χ2v) is 8.60. The summed E-state index contributed by atoms with van der Waals surface area (Å²) >= 11 is 1.26. The van der Waals surface area contributed by atoms with Gasteiger partial charge in [-0.05, 0) is 31.9 Å². The van der Waals surface area contributed by atoms with Crippen molar-refractivity contribution < 1.29 is 18.8 Å². The van der Waals surface area contributed by atoms with Crippen LogP contribution in [0.4, 0.5) is 9.93 Å². The molecule has 2 N–H and O–H groups in total. The molecule has 1 saturated carbocycles. The molecule has 8 nitrogen and oxygen atoms in total. The molecule has 2 aromatic heterocycles. The summed E-state index contributed by atoms with van der Waals surface area (Å²) in [5, 5.41) is 8.66. The Hall–Kier alpha value is -3.20. The normalized spacial score (nSPS) is 18.9. The number of hydrogen-bond donors (Lipinski definition) is 2. The van der Waals surface area contributed by atoms with E-state index in [9.17, 15) is 14.4 Å². The number of anilines is 1. The van der Waals surface area contributed by atoms with E-state index in [-0.39, 0.29) is 5.91 Å². The number of benzene rings is 1. The average Bonchev–Trinajstić information content (AvgIpc) is 3.49. The second kappa shape index (κ2) is 6.94. The van der Waals surface area contributed by atoms with Gasteiger partial charge in [0.1, 0.15) is 22.9 Å². The van der Waals surface area contributed by atoms with Crippen LogP contribution in [0.1, 0.15) is 32.6 Å². The molecule has 9 heteroatoms. The quantitative estimate of drug-likeness (QED) is 0.621. The van der Waals surface area contributed by atoms with E-state index < -0.39 is 23.5 Å². The first-order valence-electron chi connectivity index (χ1n) is 9.88. The van der Waals surface area contributed by atoms with Gasteiger partial charge in [0, 0.05) is 10.8 Å². The minimum Gasteiger partial charge on any atom is -0.454 e. The Balaban J connectivity index is 1.31. The Labute approximate surface area is 176 Å². The molecule has 1 saturated heterocycles. The predicted molar refractivity (Wildman–Crippen MR) is 112 cm³/mol. The van der Waals surface area contributed by atoms with Crippen LogP contribution in [-0.2, 0) is 9.59 Å². The van der Waals surface area contributed by atoms with Crippen molar-refractivity contribution in [3.63, 3.8) is 0 Å². The topological polar surface area (TPSA) is 105 Å². The smallest absolute Gasteiger partial charge is 0.325 e. The molecule has 1 aliphatic carbocycles. The van der Waals surface area contributed by atoms with Gasteiger partial charge in [-0.2, -0.15) is 0 Å². The van der Waals surface area contributed by atoms with Gasteiger partial charge in [0.05, 0.1) is 0 Å². The van der Waals surface area contributed by atoms with Crippen molar-refractivity contribution in [2.24, 2.45) is 0 Å². The van der Waals surface area contributed by atoms with Crippen LogP contribution in [0.2, 0.25) is 0 Å². The third-order valence-electron chi connectivity index (χ3n) is 5.83. The molecule has 0 radical (unpaired) electrons. The fourth-order valence-electron chi connectivity index (χ4n) is 4.19. The number of nitrogens with one attached hydrogen (secondary N) is 2. The van der Waals surface area contributed by atoms with E-state index in [1.54, 1.807) is 12.3 Å². The summed E-state index contributed by atoms with van der Waals surface area (Å²) in [5.74, 6) is -0.160. The molecule has 5 rings (SSSR count). The third-order valence-corrected chi connectivity index (χ3v) is 6.59. The lowest BCUT2D eigenvalue weighted by Gasteiger charge is -2.23. The number of carbonyl (C=O) groups is 3. The van der Waals surface area contributed by atoms with Crippen LogP contribution < -0.4 is 10.6 Å². The van der Waals surface area contributed by atoms with Crippen LogP contribution in [0, 0.1) is 0 Å². The van der Waals surface area contributed by atoms with Crippen molar-refractivity contribution in [1.29, 1.82) is 0 Å². The maximum absolute atomic E-state index is 12.8. The number of amides is 4. The van der Waals surface area contributed by atoms with Gasteiger partial charge in [0.25, 0.3) is 5.91 Å². The molecule has 4 amide bonds. The molecule has 1 aliphatic heterocycles. The first-order chi connectivity index (χ1) is 14.5. The molecule has 0 bridgehead atoms. The molecule has 2 fully saturated rings. The summed E-state index contributed by atoms with van der Waals surface area (Å²) < 4.78 is 5.81. The van der Waals surface area contributed by atoms with Crippen LogP contribution in [0.15, 0.2) is 40.1 Å². The second-order valence-electron chi connectivity index (χ2n) is 7.75. The highest BCUT2D eigenvalue weighted by molar-refractivity contribution is 7.14. The summed E-state index contributed by atoms with van der Waals surface area (Å²) in [5.41, 5.74) is 0.541. The Kier molecular flexibility index (Phi) is 4.35. The molecule has 2 aliphatic rings. The number of imide groups is 1. The van der Waals surface area contributed by atoms with Crippen molar-refractivity contribution in [1.82, 2.24) is 15.2 Å².